The first kappa shape index (κ1) is 11.9. The Bertz CT molecular complexity index is 345. The molecule has 4 unspecified atom stereocenters. The molecule has 1 spiro atoms. The standard InChI is InChI=1S/C16H26B/c1-4-7-12-13-9-16(13)10-15(16,8-5-2)11-17-14(12)6-3/h6,12-13H,4-5,7-11H2,1-3H3. The smallest absolute Gasteiger partial charge is 0.110 e. The molecule has 1 heteroatoms. The first-order chi connectivity index (χ1) is 8.23. The van der Waals surface area contributed by atoms with Gasteiger partial charge in [-0.1, -0.05) is 39.1 Å². The second kappa shape index (κ2) is 3.90. The zero-order chi connectivity index (χ0) is 12.1. The number of rotatable bonds is 4. The maximum atomic E-state index is 2.61. The van der Waals surface area contributed by atoms with Gasteiger partial charge in [-0.05, 0) is 55.3 Å². The maximum Gasteiger partial charge on any atom is 0.146 e. The lowest BCUT2D eigenvalue weighted by molar-refractivity contribution is 0.398. The van der Waals surface area contributed by atoms with Gasteiger partial charge in [-0.3, -0.25) is 0 Å². The molecule has 17 heavy (non-hydrogen) atoms. The fourth-order valence-corrected chi connectivity index (χ4v) is 5.13. The lowest BCUT2D eigenvalue weighted by Gasteiger charge is -2.19. The van der Waals surface area contributed by atoms with Crippen molar-refractivity contribution in [1.82, 2.24) is 0 Å². The Morgan fingerprint density at radius 2 is 2.18 bits per heavy atom. The maximum absolute atomic E-state index is 2.61. The van der Waals surface area contributed by atoms with Gasteiger partial charge < -0.3 is 0 Å². The first-order valence-corrected chi connectivity index (χ1v) is 7.72. The first-order valence-electron chi connectivity index (χ1n) is 7.72. The summed E-state index contributed by atoms with van der Waals surface area (Å²) in [7, 11) is 2.61. The molecule has 2 aliphatic carbocycles. The van der Waals surface area contributed by atoms with Gasteiger partial charge in [0.2, 0.25) is 0 Å². The second-order valence-corrected chi connectivity index (χ2v) is 6.77. The Hall–Kier alpha value is -0.195. The quantitative estimate of drug-likeness (QED) is 0.616. The van der Waals surface area contributed by atoms with Crippen molar-refractivity contribution >= 4 is 7.28 Å². The van der Waals surface area contributed by atoms with E-state index >= 15 is 0 Å². The van der Waals surface area contributed by atoms with Gasteiger partial charge in [0.15, 0.2) is 0 Å². The summed E-state index contributed by atoms with van der Waals surface area (Å²) < 4.78 is 0. The molecular weight excluding hydrogens is 203 g/mol. The number of hydrogen-bond donors (Lipinski definition) is 0. The van der Waals surface area contributed by atoms with Crippen LogP contribution < -0.4 is 0 Å². The fourth-order valence-electron chi connectivity index (χ4n) is 5.13. The molecule has 0 aromatic carbocycles. The van der Waals surface area contributed by atoms with Crippen LogP contribution in [0.15, 0.2) is 11.5 Å². The minimum atomic E-state index is 0.753. The van der Waals surface area contributed by atoms with Gasteiger partial charge in [0.05, 0.1) is 0 Å². The monoisotopic (exact) mass is 229 g/mol. The minimum Gasteiger partial charge on any atom is -0.110 e. The fraction of sp³-hybridized carbons (Fsp3) is 0.875. The van der Waals surface area contributed by atoms with E-state index in [2.05, 4.69) is 34.1 Å². The lowest BCUT2D eigenvalue weighted by Crippen LogP contribution is -2.12. The highest BCUT2D eigenvalue weighted by molar-refractivity contribution is 6.46. The molecule has 1 heterocycles. The topological polar surface area (TPSA) is 0 Å². The van der Waals surface area contributed by atoms with Crippen LogP contribution in [0.2, 0.25) is 6.32 Å². The Balaban J connectivity index is 1.82. The largest absolute Gasteiger partial charge is 0.146 e. The zero-order valence-electron chi connectivity index (χ0n) is 11.8. The summed E-state index contributed by atoms with van der Waals surface area (Å²) in [6, 6.07) is 0. The van der Waals surface area contributed by atoms with Crippen LogP contribution in [0.25, 0.3) is 0 Å². The molecule has 1 aliphatic heterocycles. The van der Waals surface area contributed by atoms with E-state index in [1.165, 1.54) is 32.0 Å². The SMILES string of the molecule is CC=C1[B]CC2(CCC)CC23CC3C1CCC. The van der Waals surface area contributed by atoms with Crippen molar-refractivity contribution in [2.24, 2.45) is 22.7 Å². The molecule has 0 aromatic heterocycles. The Morgan fingerprint density at radius 1 is 1.35 bits per heavy atom. The van der Waals surface area contributed by atoms with Gasteiger partial charge in [0.25, 0.3) is 0 Å². The molecule has 2 saturated carbocycles. The second-order valence-electron chi connectivity index (χ2n) is 6.77. The summed E-state index contributed by atoms with van der Waals surface area (Å²) in [6.07, 6.45) is 12.5. The third kappa shape index (κ3) is 1.50. The summed E-state index contributed by atoms with van der Waals surface area (Å²) in [5, 5.41) is 0. The van der Waals surface area contributed by atoms with Crippen LogP contribution in [0.1, 0.15) is 59.3 Å². The van der Waals surface area contributed by atoms with Crippen molar-refractivity contribution in [3.63, 3.8) is 0 Å². The highest BCUT2D eigenvalue weighted by Crippen LogP contribution is 2.87. The molecule has 0 bridgehead atoms. The van der Waals surface area contributed by atoms with Crippen molar-refractivity contribution in [3.05, 3.63) is 11.5 Å². The molecule has 0 N–H and O–H groups in total. The van der Waals surface area contributed by atoms with Gasteiger partial charge in [0.1, 0.15) is 7.28 Å². The normalized spacial score (nSPS) is 49.0. The van der Waals surface area contributed by atoms with Gasteiger partial charge in [-0.15, -0.1) is 5.47 Å². The van der Waals surface area contributed by atoms with E-state index in [0.717, 1.165) is 22.7 Å². The molecule has 4 atom stereocenters. The van der Waals surface area contributed by atoms with E-state index in [1.54, 1.807) is 18.3 Å². The van der Waals surface area contributed by atoms with E-state index in [9.17, 15) is 0 Å². The third-order valence-electron chi connectivity index (χ3n) is 6.02. The number of allylic oxidation sites excluding steroid dienone is 2. The molecule has 1 radical (unpaired) electrons. The van der Waals surface area contributed by atoms with Crippen molar-refractivity contribution in [2.75, 3.05) is 0 Å². The van der Waals surface area contributed by atoms with Crippen molar-refractivity contribution in [3.8, 4) is 0 Å². The Morgan fingerprint density at radius 3 is 2.82 bits per heavy atom. The lowest BCUT2D eigenvalue weighted by atomic mass is 9.57. The highest BCUT2D eigenvalue weighted by atomic mass is 14.8. The van der Waals surface area contributed by atoms with Gasteiger partial charge in [-0.25, -0.2) is 0 Å². The Kier molecular flexibility index (Phi) is 2.72. The van der Waals surface area contributed by atoms with Gasteiger partial charge in [0, 0.05) is 0 Å². The summed E-state index contributed by atoms with van der Waals surface area (Å²) in [4.78, 5) is 0. The molecule has 3 rings (SSSR count). The van der Waals surface area contributed by atoms with Gasteiger partial charge in [-0.2, -0.15) is 0 Å². The van der Waals surface area contributed by atoms with Crippen molar-refractivity contribution in [2.45, 2.75) is 65.6 Å². The minimum absolute atomic E-state index is 0.753. The van der Waals surface area contributed by atoms with Crippen LogP contribution in [0.5, 0.6) is 0 Å². The molecule has 93 valence electrons. The molecule has 0 aromatic rings. The van der Waals surface area contributed by atoms with Crippen LogP contribution in [-0.4, -0.2) is 7.28 Å². The summed E-state index contributed by atoms with van der Waals surface area (Å²) in [6.45, 7) is 6.95. The van der Waals surface area contributed by atoms with E-state index in [1.807, 2.05) is 0 Å². The average molecular weight is 229 g/mol. The predicted molar refractivity (Wildman–Crippen MR) is 75.2 cm³/mol. The van der Waals surface area contributed by atoms with Crippen LogP contribution in [0, 0.1) is 22.7 Å². The van der Waals surface area contributed by atoms with E-state index in [-0.39, 0.29) is 0 Å². The van der Waals surface area contributed by atoms with Crippen LogP contribution >= 0.6 is 0 Å². The summed E-state index contributed by atoms with van der Waals surface area (Å²) >= 11 is 0. The Labute approximate surface area is 107 Å². The third-order valence-corrected chi connectivity index (χ3v) is 6.02. The predicted octanol–water partition coefficient (Wildman–Crippen LogP) is 4.64. The summed E-state index contributed by atoms with van der Waals surface area (Å²) in [5.74, 6) is 1.96. The van der Waals surface area contributed by atoms with Crippen LogP contribution in [0.4, 0.5) is 0 Å². The van der Waals surface area contributed by atoms with E-state index in [4.69, 9.17) is 0 Å². The van der Waals surface area contributed by atoms with Gasteiger partial charge >= 0.3 is 0 Å². The summed E-state index contributed by atoms with van der Waals surface area (Å²) in [5.41, 5.74) is 3.27. The van der Waals surface area contributed by atoms with E-state index < -0.39 is 0 Å². The molecule has 3 fully saturated rings. The van der Waals surface area contributed by atoms with E-state index in [0.29, 0.717) is 0 Å². The molecule has 0 nitrogen and oxygen atoms in total. The van der Waals surface area contributed by atoms with Crippen LogP contribution in [-0.2, 0) is 0 Å². The molecular formula is C16H26B. The average Bonchev–Trinajstić information content (AvgIpc) is 3.16. The van der Waals surface area contributed by atoms with Crippen LogP contribution in [0.3, 0.4) is 0 Å². The number of hydrogen-bond acceptors (Lipinski definition) is 0. The van der Waals surface area contributed by atoms with Crippen molar-refractivity contribution < 1.29 is 0 Å². The molecule has 1 saturated heterocycles. The molecule has 3 aliphatic rings. The highest BCUT2D eigenvalue weighted by Gasteiger charge is 2.79. The van der Waals surface area contributed by atoms with Crippen molar-refractivity contribution in [1.29, 1.82) is 0 Å². The zero-order valence-corrected chi connectivity index (χ0v) is 11.8. The molecule has 0 amide bonds.